The number of aliphatic hydroxyl groups is 1. The standard InChI is InChI=1S/C19H25N3O.HI/c1-19(2,3)15-11-9-14(10-12-15)17(23)13-21-18(20)22-16-7-5-4-6-8-16;/h4-12,17,23H,13H2,1-3H3,(H3,20,21,22);1H. The minimum atomic E-state index is -0.667. The maximum Gasteiger partial charge on any atom is 0.193 e. The molecule has 0 aliphatic heterocycles. The first-order valence-electron chi connectivity index (χ1n) is 7.77. The van der Waals surface area contributed by atoms with Crippen molar-refractivity contribution in [3.63, 3.8) is 0 Å². The number of rotatable bonds is 4. The molecule has 0 amide bonds. The Morgan fingerprint density at radius 3 is 2.21 bits per heavy atom. The van der Waals surface area contributed by atoms with Gasteiger partial charge in [0.05, 0.1) is 12.6 Å². The van der Waals surface area contributed by atoms with Crippen molar-refractivity contribution in [2.45, 2.75) is 32.3 Å². The number of aliphatic imine (C=N–C) groups is 1. The maximum atomic E-state index is 10.2. The average Bonchev–Trinajstić information content (AvgIpc) is 2.53. The Labute approximate surface area is 161 Å². The van der Waals surface area contributed by atoms with Gasteiger partial charge in [-0.25, -0.2) is 0 Å². The van der Waals surface area contributed by atoms with Gasteiger partial charge in [0.15, 0.2) is 5.96 Å². The van der Waals surface area contributed by atoms with Crippen LogP contribution in [0, 0.1) is 0 Å². The molecule has 1 unspecified atom stereocenters. The number of anilines is 1. The summed E-state index contributed by atoms with van der Waals surface area (Å²) in [5.41, 5.74) is 8.90. The third-order valence-electron chi connectivity index (χ3n) is 3.64. The van der Waals surface area contributed by atoms with Gasteiger partial charge < -0.3 is 16.2 Å². The second-order valence-electron chi connectivity index (χ2n) is 6.60. The molecular formula is C19H26IN3O. The zero-order valence-electron chi connectivity index (χ0n) is 14.4. The molecule has 2 aromatic carbocycles. The maximum absolute atomic E-state index is 10.2. The summed E-state index contributed by atoms with van der Waals surface area (Å²) in [5, 5.41) is 13.2. The molecular weight excluding hydrogens is 413 g/mol. The summed E-state index contributed by atoms with van der Waals surface area (Å²) in [6.45, 7) is 6.72. The first kappa shape index (κ1) is 20.4. The van der Waals surface area contributed by atoms with Crippen molar-refractivity contribution < 1.29 is 5.11 Å². The zero-order valence-corrected chi connectivity index (χ0v) is 16.7. The molecule has 0 aliphatic carbocycles. The van der Waals surface area contributed by atoms with Crippen LogP contribution in [0.2, 0.25) is 0 Å². The van der Waals surface area contributed by atoms with Crippen molar-refractivity contribution in [1.82, 2.24) is 0 Å². The van der Waals surface area contributed by atoms with E-state index in [2.05, 4.69) is 31.1 Å². The van der Waals surface area contributed by atoms with Crippen molar-refractivity contribution in [2.24, 2.45) is 10.7 Å². The summed E-state index contributed by atoms with van der Waals surface area (Å²) in [7, 11) is 0. The molecule has 0 aliphatic rings. The van der Waals surface area contributed by atoms with Gasteiger partial charge in [0.2, 0.25) is 0 Å². The minimum absolute atomic E-state index is 0. The van der Waals surface area contributed by atoms with Crippen molar-refractivity contribution in [3.05, 3.63) is 65.7 Å². The lowest BCUT2D eigenvalue weighted by atomic mass is 9.86. The Hall–Kier alpha value is -1.60. The van der Waals surface area contributed by atoms with Crippen molar-refractivity contribution in [1.29, 1.82) is 0 Å². The van der Waals surface area contributed by atoms with E-state index in [0.717, 1.165) is 11.3 Å². The molecule has 130 valence electrons. The molecule has 2 rings (SSSR count). The third-order valence-corrected chi connectivity index (χ3v) is 3.64. The average molecular weight is 439 g/mol. The topological polar surface area (TPSA) is 70.6 Å². The molecule has 24 heavy (non-hydrogen) atoms. The van der Waals surface area contributed by atoms with E-state index in [1.807, 2.05) is 54.6 Å². The Morgan fingerprint density at radius 2 is 1.67 bits per heavy atom. The fourth-order valence-electron chi connectivity index (χ4n) is 2.20. The molecule has 4 N–H and O–H groups in total. The van der Waals surface area contributed by atoms with Crippen LogP contribution in [0.15, 0.2) is 59.6 Å². The predicted octanol–water partition coefficient (Wildman–Crippen LogP) is 4.06. The number of hydrogen-bond donors (Lipinski definition) is 3. The highest BCUT2D eigenvalue weighted by Gasteiger charge is 2.14. The number of aliphatic hydroxyl groups excluding tert-OH is 1. The van der Waals surface area contributed by atoms with Crippen LogP contribution in [0.3, 0.4) is 0 Å². The number of benzene rings is 2. The normalized spacial score (nSPS) is 13.1. The van der Waals surface area contributed by atoms with E-state index in [1.54, 1.807) is 0 Å². The van der Waals surface area contributed by atoms with Crippen LogP contribution in [-0.4, -0.2) is 17.6 Å². The predicted molar refractivity (Wildman–Crippen MR) is 112 cm³/mol. The van der Waals surface area contributed by atoms with Crippen LogP contribution in [-0.2, 0) is 5.41 Å². The first-order valence-corrected chi connectivity index (χ1v) is 7.77. The van der Waals surface area contributed by atoms with Crippen molar-refractivity contribution in [3.8, 4) is 0 Å². The number of hydrogen-bond acceptors (Lipinski definition) is 2. The van der Waals surface area contributed by atoms with Gasteiger partial charge >= 0.3 is 0 Å². The second-order valence-corrected chi connectivity index (χ2v) is 6.60. The number of para-hydroxylation sites is 1. The van der Waals surface area contributed by atoms with Crippen molar-refractivity contribution >= 4 is 35.6 Å². The van der Waals surface area contributed by atoms with E-state index >= 15 is 0 Å². The SMILES string of the molecule is CC(C)(C)c1ccc(C(O)CN=C(N)Nc2ccccc2)cc1.I. The monoisotopic (exact) mass is 439 g/mol. The van der Waals surface area contributed by atoms with Crippen LogP contribution >= 0.6 is 24.0 Å². The highest BCUT2D eigenvalue weighted by molar-refractivity contribution is 14.0. The molecule has 0 radical (unpaired) electrons. The van der Waals surface area contributed by atoms with Crippen molar-refractivity contribution in [2.75, 3.05) is 11.9 Å². The van der Waals surface area contributed by atoms with Crippen LogP contribution in [0.25, 0.3) is 0 Å². The van der Waals surface area contributed by atoms with Gasteiger partial charge in [-0.05, 0) is 28.7 Å². The van der Waals surface area contributed by atoms with E-state index in [-0.39, 0.29) is 35.9 Å². The molecule has 0 saturated carbocycles. The van der Waals surface area contributed by atoms with E-state index in [0.29, 0.717) is 5.96 Å². The lowest BCUT2D eigenvalue weighted by molar-refractivity contribution is 0.187. The number of nitrogens with one attached hydrogen (secondary N) is 1. The summed E-state index contributed by atoms with van der Waals surface area (Å²) in [5.74, 6) is 0.293. The summed E-state index contributed by atoms with van der Waals surface area (Å²) in [4.78, 5) is 4.20. The molecule has 0 saturated heterocycles. The third kappa shape index (κ3) is 6.13. The smallest absolute Gasteiger partial charge is 0.193 e. The lowest BCUT2D eigenvalue weighted by Crippen LogP contribution is -2.23. The second kappa shape index (κ2) is 9.03. The van der Waals surface area contributed by atoms with Gasteiger partial charge in [0.1, 0.15) is 0 Å². The van der Waals surface area contributed by atoms with Crippen LogP contribution in [0.1, 0.15) is 38.0 Å². The fraction of sp³-hybridized carbons (Fsp3) is 0.316. The molecule has 2 aromatic rings. The molecule has 0 fully saturated rings. The largest absolute Gasteiger partial charge is 0.386 e. The van der Waals surface area contributed by atoms with Gasteiger partial charge in [-0.3, -0.25) is 4.99 Å². The highest BCUT2D eigenvalue weighted by Crippen LogP contribution is 2.24. The molecule has 5 heteroatoms. The molecule has 0 spiro atoms. The van der Waals surface area contributed by atoms with Crippen LogP contribution in [0.4, 0.5) is 5.69 Å². The Morgan fingerprint density at radius 1 is 1.08 bits per heavy atom. The Bertz CT molecular complexity index is 649. The summed E-state index contributed by atoms with van der Waals surface area (Å²) in [6, 6.07) is 17.6. The molecule has 1 atom stereocenters. The zero-order chi connectivity index (χ0) is 16.9. The summed E-state index contributed by atoms with van der Waals surface area (Å²) >= 11 is 0. The number of guanidine groups is 1. The van der Waals surface area contributed by atoms with E-state index in [4.69, 9.17) is 5.73 Å². The minimum Gasteiger partial charge on any atom is -0.386 e. The van der Waals surface area contributed by atoms with Crippen LogP contribution in [0.5, 0.6) is 0 Å². The van der Waals surface area contributed by atoms with Gasteiger partial charge in [-0.1, -0.05) is 63.2 Å². The summed E-state index contributed by atoms with van der Waals surface area (Å²) < 4.78 is 0. The van der Waals surface area contributed by atoms with E-state index in [9.17, 15) is 5.11 Å². The lowest BCUT2D eigenvalue weighted by Gasteiger charge is -2.19. The van der Waals surface area contributed by atoms with Gasteiger partial charge in [-0.2, -0.15) is 0 Å². The quantitative estimate of drug-likeness (QED) is 0.382. The number of halogens is 1. The van der Waals surface area contributed by atoms with E-state index in [1.165, 1.54) is 5.56 Å². The fourth-order valence-corrected chi connectivity index (χ4v) is 2.20. The van der Waals surface area contributed by atoms with Gasteiger partial charge in [-0.15, -0.1) is 24.0 Å². The Kier molecular flexibility index (Phi) is 7.69. The van der Waals surface area contributed by atoms with E-state index < -0.39 is 6.10 Å². The first-order chi connectivity index (χ1) is 10.9. The van der Waals surface area contributed by atoms with Gasteiger partial charge in [0, 0.05) is 5.69 Å². The number of nitrogens with zero attached hydrogens (tertiary/aromatic N) is 1. The highest BCUT2D eigenvalue weighted by atomic mass is 127. The molecule has 0 heterocycles. The molecule has 4 nitrogen and oxygen atoms in total. The van der Waals surface area contributed by atoms with Gasteiger partial charge in [0.25, 0.3) is 0 Å². The molecule has 0 aromatic heterocycles. The number of nitrogens with two attached hydrogens (primary N) is 1. The summed E-state index contributed by atoms with van der Waals surface area (Å²) in [6.07, 6.45) is -0.667. The molecule has 0 bridgehead atoms. The van der Waals surface area contributed by atoms with Crippen LogP contribution < -0.4 is 11.1 Å². The Balaban J connectivity index is 0.00000288.